The van der Waals surface area contributed by atoms with Crippen LogP contribution >= 0.6 is 0 Å². The fraction of sp³-hybridized carbons (Fsp3) is 0.611. The summed E-state index contributed by atoms with van der Waals surface area (Å²) in [7, 11) is 0. The minimum atomic E-state index is -0.598. The Kier molecular flexibility index (Phi) is 6.03. The molecule has 0 atom stereocenters. The zero-order valence-electron chi connectivity index (χ0n) is 14.9. The Labute approximate surface area is 152 Å². The number of halogens is 1. The van der Waals surface area contributed by atoms with Crippen molar-refractivity contribution in [2.45, 2.75) is 25.7 Å². The number of nitrogens with zero attached hydrogens (tertiary/aromatic N) is 4. The highest BCUT2D eigenvalue weighted by Crippen LogP contribution is 2.25. The highest BCUT2D eigenvalue weighted by molar-refractivity contribution is 5.78. The molecule has 7 nitrogen and oxygen atoms in total. The van der Waals surface area contributed by atoms with Crippen LogP contribution in [0.1, 0.15) is 25.7 Å². The number of nitro groups is 1. The molecule has 2 heterocycles. The van der Waals surface area contributed by atoms with E-state index in [9.17, 15) is 19.3 Å². The number of carbonyl (C=O) groups excluding carboxylic acids is 1. The van der Waals surface area contributed by atoms with Gasteiger partial charge < -0.3 is 9.80 Å². The molecule has 0 spiro atoms. The van der Waals surface area contributed by atoms with Crippen LogP contribution in [-0.4, -0.2) is 66.4 Å². The van der Waals surface area contributed by atoms with Gasteiger partial charge in [0, 0.05) is 45.3 Å². The molecule has 1 aromatic rings. The van der Waals surface area contributed by atoms with Crippen LogP contribution in [0.15, 0.2) is 18.2 Å². The topological polar surface area (TPSA) is 69.9 Å². The standard InChI is InChI=1S/C18H25FN4O3/c19-16-13-15(23(25)26)5-6-17(16)21-11-9-20(10-12-21)14-18(24)22-7-3-1-2-4-8-22/h5-6,13H,1-4,7-12,14H2. The van der Waals surface area contributed by atoms with Crippen molar-refractivity contribution in [3.63, 3.8) is 0 Å². The summed E-state index contributed by atoms with van der Waals surface area (Å²) in [5.41, 5.74) is 0.141. The van der Waals surface area contributed by atoms with Crippen molar-refractivity contribution < 1.29 is 14.1 Å². The van der Waals surface area contributed by atoms with Crippen LogP contribution in [0.25, 0.3) is 0 Å². The smallest absolute Gasteiger partial charge is 0.272 e. The number of non-ortho nitro benzene ring substituents is 1. The normalized spacial score (nSPS) is 19.3. The largest absolute Gasteiger partial charge is 0.367 e. The van der Waals surface area contributed by atoms with Gasteiger partial charge in [-0.15, -0.1) is 0 Å². The summed E-state index contributed by atoms with van der Waals surface area (Å²) in [6.45, 7) is 4.67. The number of benzene rings is 1. The van der Waals surface area contributed by atoms with E-state index in [0.29, 0.717) is 38.4 Å². The second-order valence-electron chi connectivity index (χ2n) is 6.95. The lowest BCUT2D eigenvalue weighted by Crippen LogP contribution is -2.50. The maximum Gasteiger partial charge on any atom is 0.272 e. The molecule has 0 unspecified atom stereocenters. The zero-order valence-corrected chi connectivity index (χ0v) is 14.9. The second-order valence-corrected chi connectivity index (χ2v) is 6.95. The molecule has 2 saturated heterocycles. The molecule has 0 bridgehead atoms. The van der Waals surface area contributed by atoms with Crippen molar-refractivity contribution in [2.75, 3.05) is 50.7 Å². The average Bonchev–Trinajstić information content (AvgIpc) is 2.92. The van der Waals surface area contributed by atoms with Gasteiger partial charge in [-0.05, 0) is 18.9 Å². The molecule has 2 aliphatic heterocycles. The van der Waals surface area contributed by atoms with Gasteiger partial charge in [0.1, 0.15) is 0 Å². The van der Waals surface area contributed by atoms with Gasteiger partial charge in [-0.1, -0.05) is 12.8 Å². The molecule has 1 aromatic carbocycles. The number of amides is 1. The second kappa shape index (κ2) is 8.44. The van der Waals surface area contributed by atoms with Crippen LogP contribution in [-0.2, 0) is 4.79 Å². The van der Waals surface area contributed by atoms with Gasteiger partial charge in [-0.3, -0.25) is 19.8 Å². The SMILES string of the molecule is O=C(CN1CCN(c2ccc([N+](=O)[O-])cc2F)CC1)N1CCCCCC1. The van der Waals surface area contributed by atoms with E-state index in [2.05, 4.69) is 4.90 Å². The van der Waals surface area contributed by atoms with Crippen molar-refractivity contribution >= 4 is 17.3 Å². The predicted molar refractivity (Wildman–Crippen MR) is 96.8 cm³/mol. The van der Waals surface area contributed by atoms with Crippen LogP contribution in [0.5, 0.6) is 0 Å². The van der Waals surface area contributed by atoms with Crippen molar-refractivity contribution in [2.24, 2.45) is 0 Å². The summed E-state index contributed by atoms with van der Waals surface area (Å²) in [6, 6.07) is 3.75. The molecule has 0 saturated carbocycles. The first-order chi connectivity index (χ1) is 12.5. The van der Waals surface area contributed by atoms with Gasteiger partial charge in [0.15, 0.2) is 5.82 Å². The van der Waals surface area contributed by atoms with Crippen molar-refractivity contribution in [1.82, 2.24) is 9.80 Å². The summed E-state index contributed by atoms with van der Waals surface area (Å²) in [5, 5.41) is 10.7. The summed E-state index contributed by atoms with van der Waals surface area (Å²) in [4.78, 5) is 28.5. The first-order valence-corrected chi connectivity index (χ1v) is 9.23. The third kappa shape index (κ3) is 4.49. The highest BCUT2D eigenvalue weighted by Gasteiger charge is 2.24. The molecule has 26 heavy (non-hydrogen) atoms. The molecule has 8 heteroatoms. The van der Waals surface area contributed by atoms with Gasteiger partial charge >= 0.3 is 0 Å². The van der Waals surface area contributed by atoms with Crippen LogP contribution in [0.3, 0.4) is 0 Å². The van der Waals surface area contributed by atoms with Gasteiger partial charge in [0.25, 0.3) is 5.69 Å². The van der Waals surface area contributed by atoms with E-state index in [1.807, 2.05) is 9.80 Å². The molecule has 0 aliphatic carbocycles. The Morgan fingerprint density at radius 3 is 2.27 bits per heavy atom. The maximum absolute atomic E-state index is 14.2. The lowest BCUT2D eigenvalue weighted by Gasteiger charge is -2.36. The first-order valence-electron chi connectivity index (χ1n) is 9.23. The van der Waals surface area contributed by atoms with Crippen molar-refractivity contribution in [3.8, 4) is 0 Å². The Balaban J connectivity index is 1.52. The Morgan fingerprint density at radius 2 is 1.69 bits per heavy atom. The van der Waals surface area contributed by atoms with Gasteiger partial charge in [-0.25, -0.2) is 4.39 Å². The molecular weight excluding hydrogens is 339 g/mol. The number of rotatable bonds is 4. The number of anilines is 1. The fourth-order valence-corrected chi connectivity index (χ4v) is 3.62. The highest BCUT2D eigenvalue weighted by atomic mass is 19.1. The zero-order chi connectivity index (χ0) is 18.5. The van der Waals surface area contributed by atoms with Crippen LogP contribution < -0.4 is 4.90 Å². The summed E-state index contributed by atoms with van der Waals surface area (Å²) in [5.74, 6) is -0.393. The van der Waals surface area contributed by atoms with Crippen LogP contribution in [0.2, 0.25) is 0 Å². The van der Waals surface area contributed by atoms with E-state index in [1.165, 1.54) is 25.0 Å². The summed E-state index contributed by atoms with van der Waals surface area (Å²) < 4.78 is 14.2. The Hall–Kier alpha value is -2.22. The fourth-order valence-electron chi connectivity index (χ4n) is 3.62. The number of likely N-dealkylation sites (tertiary alicyclic amines) is 1. The van der Waals surface area contributed by atoms with Crippen LogP contribution in [0.4, 0.5) is 15.8 Å². The van der Waals surface area contributed by atoms with E-state index in [0.717, 1.165) is 32.0 Å². The Bertz CT molecular complexity index is 654. The molecule has 142 valence electrons. The van der Waals surface area contributed by atoms with E-state index < -0.39 is 10.7 Å². The van der Waals surface area contributed by atoms with Crippen molar-refractivity contribution in [3.05, 3.63) is 34.1 Å². The first kappa shape index (κ1) is 18.6. The molecule has 2 fully saturated rings. The summed E-state index contributed by atoms with van der Waals surface area (Å²) >= 11 is 0. The van der Waals surface area contributed by atoms with E-state index in [1.54, 1.807) is 0 Å². The van der Waals surface area contributed by atoms with Crippen LogP contribution in [0, 0.1) is 15.9 Å². The number of carbonyl (C=O) groups is 1. The van der Waals surface area contributed by atoms with Gasteiger partial charge in [0.05, 0.1) is 23.2 Å². The molecule has 0 N–H and O–H groups in total. The minimum absolute atomic E-state index is 0.182. The lowest BCUT2D eigenvalue weighted by atomic mass is 10.2. The molecule has 0 radical (unpaired) electrons. The third-order valence-corrected chi connectivity index (χ3v) is 5.17. The van der Waals surface area contributed by atoms with E-state index in [4.69, 9.17) is 0 Å². The number of piperazine rings is 1. The van der Waals surface area contributed by atoms with Gasteiger partial charge in [-0.2, -0.15) is 0 Å². The molecular formula is C18H25FN4O3. The quantitative estimate of drug-likeness (QED) is 0.605. The molecule has 2 aliphatic rings. The van der Waals surface area contributed by atoms with Crippen molar-refractivity contribution in [1.29, 1.82) is 0 Å². The van der Waals surface area contributed by atoms with E-state index in [-0.39, 0.29) is 11.6 Å². The minimum Gasteiger partial charge on any atom is -0.367 e. The molecule has 1 amide bonds. The number of nitro benzene ring substituents is 1. The van der Waals surface area contributed by atoms with E-state index >= 15 is 0 Å². The molecule has 3 rings (SSSR count). The number of hydrogen-bond donors (Lipinski definition) is 0. The maximum atomic E-state index is 14.2. The third-order valence-electron chi connectivity index (χ3n) is 5.17. The molecule has 0 aromatic heterocycles. The monoisotopic (exact) mass is 364 g/mol. The average molecular weight is 364 g/mol. The summed E-state index contributed by atoms with van der Waals surface area (Å²) in [6.07, 6.45) is 4.56. The Morgan fingerprint density at radius 1 is 1.04 bits per heavy atom. The number of hydrogen-bond acceptors (Lipinski definition) is 5. The lowest BCUT2D eigenvalue weighted by molar-refractivity contribution is -0.385. The van der Waals surface area contributed by atoms with Gasteiger partial charge in [0.2, 0.25) is 5.91 Å². The predicted octanol–water partition coefficient (Wildman–Crippen LogP) is 2.26.